The number of halogens is 2. The van der Waals surface area contributed by atoms with Gasteiger partial charge in [0.25, 0.3) is 0 Å². The molecule has 0 radical (unpaired) electrons. The standard InChI is InChI=1S/C14H12ClFN2O2/c1-8-5-6-9(16)7-12(8)20-11-4-2-3-10(15)13(11)14(17)18-19/h2-7,19H,1H3,(H2,17,18). The zero-order valence-electron chi connectivity index (χ0n) is 10.6. The quantitative estimate of drug-likeness (QED) is 0.393. The summed E-state index contributed by atoms with van der Waals surface area (Å²) in [6, 6.07) is 9.03. The first-order valence-electron chi connectivity index (χ1n) is 5.73. The Labute approximate surface area is 120 Å². The van der Waals surface area contributed by atoms with Crippen molar-refractivity contribution in [3.05, 3.63) is 58.4 Å². The van der Waals surface area contributed by atoms with E-state index in [0.29, 0.717) is 5.75 Å². The molecule has 0 aliphatic rings. The summed E-state index contributed by atoms with van der Waals surface area (Å²) in [6.45, 7) is 1.78. The van der Waals surface area contributed by atoms with Crippen molar-refractivity contribution in [1.82, 2.24) is 0 Å². The van der Waals surface area contributed by atoms with E-state index in [9.17, 15) is 4.39 Å². The van der Waals surface area contributed by atoms with Gasteiger partial charge in [-0.25, -0.2) is 4.39 Å². The van der Waals surface area contributed by atoms with Gasteiger partial charge in [0.2, 0.25) is 0 Å². The van der Waals surface area contributed by atoms with Gasteiger partial charge in [-0.15, -0.1) is 0 Å². The summed E-state index contributed by atoms with van der Waals surface area (Å²) in [7, 11) is 0. The molecule has 0 unspecified atom stereocenters. The van der Waals surface area contributed by atoms with Crippen molar-refractivity contribution in [1.29, 1.82) is 0 Å². The number of benzene rings is 2. The van der Waals surface area contributed by atoms with Crippen molar-refractivity contribution in [2.24, 2.45) is 10.9 Å². The molecular formula is C14H12ClFN2O2. The van der Waals surface area contributed by atoms with Crippen LogP contribution in [-0.4, -0.2) is 11.0 Å². The summed E-state index contributed by atoms with van der Waals surface area (Å²) in [5, 5.41) is 12.0. The summed E-state index contributed by atoms with van der Waals surface area (Å²) >= 11 is 6.01. The Hall–Kier alpha value is -2.27. The Morgan fingerprint density at radius 1 is 1.30 bits per heavy atom. The van der Waals surface area contributed by atoms with Crippen LogP contribution in [0.15, 0.2) is 41.6 Å². The third-order valence-corrected chi connectivity index (χ3v) is 3.02. The molecule has 0 amide bonds. The second kappa shape index (κ2) is 5.79. The average molecular weight is 295 g/mol. The molecule has 4 nitrogen and oxygen atoms in total. The number of ether oxygens (including phenoxy) is 1. The van der Waals surface area contributed by atoms with Crippen LogP contribution in [0.5, 0.6) is 11.5 Å². The molecule has 6 heteroatoms. The van der Waals surface area contributed by atoms with Gasteiger partial charge >= 0.3 is 0 Å². The lowest BCUT2D eigenvalue weighted by atomic mass is 10.1. The van der Waals surface area contributed by atoms with Crippen LogP contribution in [0, 0.1) is 12.7 Å². The Bertz CT molecular complexity index is 674. The van der Waals surface area contributed by atoms with E-state index in [1.54, 1.807) is 31.2 Å². The monoisotopic (exact) mass is 294 g/mol. The van der Waals surface area contributed by atoms with Crippen LogP contribution in [-0.2, 0) is 0 Å². The van der Waals surface area contributed by atoms with Crippen molar-refractivity contribution in [3.8, 4) is 11.5 Å². The summed E-state index contributed by atoms with van der Waals surface area (Å²) in [4.78, 5) is 0. The van der Waals surface area contributed by atoms with Gasteiger partial charge in [0.15, 0.2) is 5.84 Å². The Morgan fingerprint density at radius 2 is 2.05 bits per heavy atom. The van der Waals surface area contributed by atoms with Crippen molar-refractivity contribution in [2.45, 2.75) is 6.92 Å². The smallest absolute Gasteiger partial charge is 0.175 e. The molecule has 0 aromatic heterocycles. The first-order chi connectivity index (χ1) is 9.52. The van der Waals surface area contributed by atoms with Crippen LogP contribution in [0.3, 0.4) is 0 Å². The van der Waals surface area contributed by atoms with Gasteiger partial charge in [-0.3, -0.25) is 0 Å². The number of amidine groups is 1. The minimum Gasteiger partial charge on any atom is -0.456 e. The summed E-state index contributed by atoms with van der Waals surface area (Å²) in [6.07, 6.45) is 0. The number of hydrogen-bond donors (Lipinski definition) is 2. The molecule has 0 aliphatic carbocycles. The Morgan fingerprint density at radius 3 is 2.75 bits per heavy atom. The van der Waals surface area contributed by atoms with Gasteiger partial charge in [-0.05, 0) is 30.7 Å². The fourth-order valence-corrected chi connectivity index (χ4v) is 1.95. The Kier molecular flexibility index (Phi) is 4.10. The molecule has 3 N–H and O–H groups in total. The first-order valence-corrected chi connectivity index (χ1v) is 6.11. The van der Waals surface area contributed by atoms with Gasteiger partial charge in [0, 0.05) is 6.07 Å². The third kappa shape index (κ3) is 2.83. The van der Waals surface area contributed by atoms with Crippen LogP contribution in [0.2, 0.25) is 5.02 Å². The lowest BCUT2D eigenvalue weighted by Gasteiger charge is -2.13. The third-order valence-electron chi connectivity index (χ3n) is 2.71. The van der Waals surface area contributed by atoms with Crippen LogP contribution in [0.1, 0.15) is 11.1 Å². The van der Waals surface area contributed by atoms with Crippen LogP contribution >= 0.6 is 11.6 Å². The molecule has 2 rings (SSSR count). The van der Waals surface area contributed by atoms with Crippen molar-refractivity contribution in [3.63, 3.8) is 0 Å². The summed E-state index contributed by atoms with van der Waals surface area (Å²) in [5.41, 5.74) is 6.58. The number of oxime groups is 1. The van der Waals surface area contributed by atoms with Gasteiger partial charge < -0.3 is 15.7 Å². The van der Waals surface area contributed by atoms with E-state index < -0.39 is 5.82 Å². The largest absolute Gasteiger partial charge is 0.456 e. The maximum Gasteiger partial charge on any atom is 0.175 e. The lowest BCUT2D eigenvalue weighted by molar-refractivity contribution is 0.318. The van der Waals surface area contributed by atoms with Crippen molar-refractivity contribution >= 4 is 17.4 Å². The SMILES string of the molecule is Cc1ccc(F)cc1Oc1cccc(Cl)c1/C(N)=N/O. The summed E-state index contributed by atoms with van der Waals surface area (Å²) < 4.78 is 18.9. The van der Waals surface area contributed by atoms with Crippen LogP contribution in [0.25, 0.3) is 0 Å². The highest BCUT2D eigenvalue weighted by Gasteiger charge is 2.14. The van der Waals surface area contributed by atoms with Gasteiger partial charge in [0.1, 0.15) is 17.3 Å². The van der Waals surface area contributed by atoms with E-state index in [4.69, 9.17) is 27.3 Å². The topological polar surface area (TPSA) is 67.8 Å². The van der Waals surface area contributed by atoms with Crippen LogP contribution < -0.4 is 10.5 Å². The van der Waals surface area contributed by atoms with Crippen LogP contribution in [0.4, 0.5) is 4.39 Å². The number of aryl methyl sites for hydroxylation is 1. The maximum absolute atomic E-state index is 13.3. The lowest BCUT2D eigenvalue weighted by Crippen LogP contribution is -2.15. The number of hydrogen-bond acceptors (Lipinski definition) is 3. The maximum atomic E-state index is 13.3. The predicted octanol–water partition coefficient (Wildman–Crippen LogP) is 3.67. The van der Waals surface area contributed by atoms with Gasteiger partial charge in [-0.2, -0.15) is 0 Å². The zero-order chi connectivity index (χ0) is 14.7. The first kappa shape index (κ1) is 14.1. The van der Waals surface area contributed by atoms with Crippen molar-refractivity contribution in [2.75, 3.05) is 0 Å². The highest BCUT2D eigenvalue weighted by Crippen LogP contribution is 2.32. The molecule has 0 spiro atoms. The molecule has 0 bridgehead atoms. The minimum atomic E-state index is -0.419. The fraction of sp³-hybridized carbons (Fsp3) is 0.0714. The Balaban J connectivity index is 2.49. The van der Waals surface area contributed by atoms with E-state index in [-0.39, 0.29) is 22.2 Å². The normalized spacial score (nSPS) is 11.4. The van der Waals surface area contributed by atoms with Gasteiger partial charge in [0.05, 0.1) is 10.6 Å². The molecular weight excluding hydrogens is 283 g/mol. The molecule has 2 aromatic rings. The van der Waals surface area contributed by atoms with E-state index >= 15 is 0 Å². The molecule has 0 fully saturated rings. The molecule has 104 valence electrons. The van der Waals surface area contributed by atoms with E-state index in [1.807, 2.05) is 0 Å². The van der Waals surface area contributed by atoms with E-state index in [2.05, 4.69) is 5.16 Å². The highest BCUT2D eigenvalue weighted by atomic mass is 35.5. The molecule has 0 saturated carbocycles. The predicted molar refractivity (Wildman–Crippen MR) is 75.2 cm³/mol. The number of nitrogens with zero attached hydrogens (tertiary/aromatic N) is 1. The van der Waals surface area contributed by atoms with Gasteiger partial charge in [-0.1, -0.05) is 28.9 Å². The molecule has 0 saturated heterocycles. The number of rotatable bonds is 3. The fourth-order valence-electron chi connectivity index (χ4n) is 1.69. The second-order valence-corrected chi connectivity index (χ2v) is 4.52. The number of nitrogens with two attached hydrogens (primary N) is 1. The van der Waals surface area contributed by atoms with E-state index in [0.717, 1.165) is 5.56 Å². The molecule has 0 aliphatic heterocycles. The van der Waals surface area contributed by atoms with Crippen molar-refractivity contribution < 1.29 is 14.3 Å². The molecule has 20 heavy (non-hydrogen) atoms. The zero-order valence-corrected chi connectivity index (χ0v) is 11.4. The van der Waals surface area contributed by atoms with E-state index in [1.165, 1.54) is 12.1 Å². The minimum absolute atomic E-state index is 0.181. The molecule has 0 atom stereocenters. The second-order valence-electron chi connectivity index (χ2n) is 4.11. The highest BCUT2D eigenvalue weighted by molar-refractivity contribution is 6.34. The molecule has 2 aromatic carbocycles. The molecule has 0 heterocycles. The summed E-state index contributed by atoms with van der Waals surface area (Å²) in [5.74, 6) is 0.0124. The average Bonchev–Trinajstić information content (AvgIpc) is 2.42.